The minimum Gasteiger partial charge on any atom is -0.348 e. The van der Waals surface area contributed by atoms with Crippen molar-refractivity contribution in [3.8, 4) is 0 Å². The number of benzene rings is 2. The fourth-order valence-electron chi connectivity index (χ4n) is 5.52. The fraction of sp³-hybridized carbons (Fsp3) is 0.574. The number of unbranched alkanes of at least 4 members (excludes halogenated alkanes) is 13. The van der Waals surface area contributed by atoms with Crippen LogP contribution < -0.4 is 0 Å². The van der Waals surface area contributed by atoms with E-state index >= 15 is 0 Å². The topological polar surface area (TPSA) is 36.4 Å². The summed E-state index contributed by atoms with van der Waals surface area (Å²) in [5.74, 6) is 2.76. The zero-order valence-corrected chi connectivity index (χ0v) is 34.6. The van der Waals surface area contributed by atoms with Crippen molar-refractivity contribution < 1.29 is 25.2 Å². The maximum Gasteiger partial charge on any atom is 2.00 e. The molecule has 50 heavy (non-hydrogen) atoms. The van der Waals surface area contributed by atoms with Crippen molar-refractivity contribution in [1.29, 1.82) is 0 Å². The summed E-state index contributed by atoms with van der Waals surface area (Å²) < 4.78 is 0. The first-order valence-corrected chi connectivity index (χ1v) is 20.1. The quantitative estimate of drug-likeness (QED) is 0.0149. The van der Waals surface area contributed by atoms with Crippen LogP contribution in [0.15, 0.2) is 72.3 Å². The van der Waals surface area contributed by atoms with Crippen LogP contribution in [-0.2, 0) is 33.3 Å². The number of aryl methyl sites for hydroxylation is 2. The van der Waals surface area contributed by atoms with Crippen molar-refractivity contribution in [2.24, 2.45) is 0 Å². The second-order valence-corrected chi connectivity index (χ2v) is 13.2. The molecule has 0 fully saturated rings. The predicted molar refractivity (Wildman–Crippen MR) is 220 cm³/mol. The molecule has 2 aromatic carbocycles. The maximum atomic E-state index is 9.28. The number of hydrogen-bond donors (Lipinski definition) is 0. The molecule has 0 heterocycles. The van der Waals surface area contributed by atoms with Crippen LogP contribution in [-0.4, -0.2) is 10.7 Å². The molecule has 0 aliphatic heterocycles. The molecule has 0 bridgehead atoms. The van der Waals surface area contributed by atoms with Crippen molar-refractivity contribution in [1.82, 2.24) is 0 Å². The van der Waals surface area contributed by atoms with Gasteiger partial charge in [-0.05, 0) is 91.2 Å². The van der Waals surface area contributed by atoms with E-state index in [-0.39, 0.29) is 20.4 Å². The van der Waals surface area contributed by atoms with Gasteiger partial charge in [-0.3, -0.25) is 0 Å². The average Bonchev–Trinajstić information content (AvgIpc) is 3.14. The SMILES string of the molecule is CCCCCCC=CCCCc1ccccc1C(=C(C=C=[N+]=[N-])CCCCCCCC)c1ccc(CCCC)cc1.[CH2-]CCC.[CH2-]CCC.[Pd+2]. The van der Waals surface area contributed by atoms with Crippen LogP contribution in [0.1, 0.15) is 185 Å². The van der Waals surface area contributed by atoms with Crippen molar-refractivity contribution in [3.63, 3.8) is 0 Å². The molecular formula is C47H74N2Pd. The van der Waals surface area contributed by atoms with E-state index in [2.05, 4.69) is 120 Å². The summed E-state index contributed by atoms with van der Waals surface area (Å²) >= 11 is 0. The summed E-state index contributed by atoms with van der Waals surface area (Å²) in [6, 6.07) is 18.1. The van der Waals surface area contributed by atoms with E-state index in [0.29, 0.717) is 0 Å². The molecule has 0 aliphatic carbocycles. The van der Waals surface area contributed by atoms with Crippen molar-refractivity contribution >= 4 is 11.4 Å². The Bertz CT molecular complexity index is 1170. The predicted octanol–water partition coefficient (Wildman–Crippen LogP) is 15.1. The first-order valence-electron chi connectivity index (χ1n) is 20.1. The van der Waals surface area contributed by atoms with Gasteiger partial charge in [-0.15, -0.1) is 4.79 Å². The third kappa shape index (κ3) is 25.7. The Morgan fingerprint density at radius 3 is 1.76 bits per heavy atom. The number of allylic oxidation sites excluding steroid dienone is 4. The minimum atomic E-state index is 0. The van der Waals surface area contributed by atoms with E-state index in [4.69, 9.17) is 0 Å². The number of hydrogen-bond acceptors (Lipinski definition) is 0. The molecule has 0 radical (unpaired) electrons. The Hall–Kier alpha value is -2.26. The van der Waals surface area contributed by atoms with Crippen molar-refractivity contribution in [2.75, 3.05) is 0 Å². The van der Waals surface area contributed by atoms with Crippen LogP contribution in [0.25, 0.3) is 11.1 Å². The fourth-order valence-corrected chi connectivity index (χ4v) is 5.52. The summed E-state index contributed by atoms with van der Waals surface area (Å²) in [7, 11) is 0. The van der Waals surface area contributed by atoms with Gasteiger partial charge in [-0.1, -0.05) is 166 Å². The second kappa shape index (κ2) is 38.0. The molecule has 2 nitrogen and oxygen atoms in total. The molecule has 2 rings (SSSR count). The first kappa shape index (κ1) is 49.9. The molecule has 282 valence electrons. The monoisotopic (exact) mass is 772 g/mol. The van der Waals surface area contributed by atoms with Gasteiger partial charge in [-0.2, -0.15) is 12.8 Å². The Kier molecular flexibility index (Phi) is 37.9. The van der Waals surface area contributed by atoms with Gasteiger partial charge >= 0.3 is 20.4 Å². The number of rotatable bonds is 24. The van der Waals surface area contributed by atoms with E-state index in [1.165, 1.54) is 123 Å². The van der Waals surface area contributed by atoms with E-state index in [0.717, 1.165) is 51.4 Å². The molecule has 0 aromatic heterocycles. The third-order valence-corrected chi connectivity index (χ3v) is 8.68. The van der Waals surface area contributed by atoms with Crippen LogP contribution in [0.5, 0.6) is 0 Å². The Labute approximate surface area is 325 Å². The van der Waals surface area contributed by atoms with Gasteiger partial charge < -0.3 is 19.4 Å². The molecule has 0 saturated heterocycles. The molecule has 0 spiro atoms. The Morgan fingerprint density at radius 1 is 0.640 bits per heavy atom. The molecular weight excluding hydrogens is 699 g/mol. The maximum absolute atomic E-state index is 9.28. The van der Waals surface area contributed by atoms with Gasteiger partial charge in [0.05, 0.1) is 6.08 Å². The van der Waals surface area contributed by atoms with Crippen molar-refractivity contribution in [3.05, 3.63) is 114 Å². The molecule has 0 amide bonds. The standard InChI is InChI=1S/C39H56N2.2C4H9.Pd/c1-4-7-10-12-14-15-16-18-19-24-35-25-21-22-27-38(35)39(37-30-28-34(29-31-37)23-9-6-3)36(32-33-41-40)26-20-17-13-11-8-5-2;2*1-3-4-2;/h15-16,21-22,25,27-32H,4-14,17-20,23-24,26H2,1-3H3;2*1,3-4H2,2H3;/q;2*-1;+2. The van der Waals surface area contributed by atoms with Crippen molar-refractivity contribution in [2.45, 2.75) is 176 Å². The number of nitrogens with zero attached hydrogens (tertiary/aromatic N) is 2. The smallest absolute Gasteiger partial charge is 0.348 e. The zero-order valence-electron chi connectivity index (χ0n) is 33.0. The summed E-state index contributed by atoms with van der Waals surface area (Å²) in [5, 5.41) is 0. The molecule has 3 heteroatoms. The van der Waals surface area contributed by atoms with Gasteiger partial charge in [0.2, 0.25) is 0 Å². The minimum absolute atomic E-state index is 0. The van der Waals surface area contributed by atoms with Crippen LogP contribution in [0.3, 0.4) is 0 Å². The van der Waals surface area contributed by atoms with Gasteiger partial charge in [0.15, 0.2) is 0 Å². The molecule has 0 atom stereocenters. The largest absolute Gasteiger partial charge is 2.00 e. The average molecular weight is 774 g/mol. The summed E-state index contributed by atoms with van der Waals surface area (Å²) in [6.45, 7) is 18.2. The van der Waals surface area contributed by atoms with E-state index < -0.39 is 0 Å². The molecule has 2 aromatic rings. The van der Waals surface area contributed by atoms with E-state index in [1.807, 2.05) is 6.08 Å². The summed E-state index contributed by atoms with van der Waals surface area (Å²) in [5.41, 5.74) is 17.1. The first-order chi connectivity index (χ1) is 24.1. The van der Waals surface area contributed by atoms with E-state index in [9.17, 15) is 5.53 Å². The molecule has 0 N–H and O–H groups in total. The van der Waals surface area contributed by atoms with Crippen LogP contribution in [0, 0.1) is 13.8 Å². The molecule has 0 unspecified atom stereocenters. The molecule has 0 aliphatic rings. The van der Waals surface area contributed by atoms with Crippen LogP contribution >= 0.6 is 0 Å². The Balaban J connectivity index is 0. The third-order valence-electron chi connectivity index (χ3n) is 8.68. The zero-order chi connectivity index (χ0) is 36.2. The summed E-state index contributed by atoms with van der Waals surface area (Å²) in [4.78, 5) is 3.24. The van der Waals surface area contributed by atoms with Crippen LogP contribution in [0.4, 0.5) is 0 Å². The van der Waals surface area contributed by atoms with Gasteiger partial charge in [0.1, 0.15) is 0 Å². The Morgan fingerprint density at radius 2 is 1.18 bits per heavy atom. The van der Waals surface area contributed by atoms with E-state index in [1.54, 1.807) is 0 Å². The summed E-state index contributed by atoms with van der Waals surface area (Å²) in [6.07, 6.45) is 33.1. The molecule has 0 saturated carbocycles. The van der Waals surface area contributed by atoms with Gasteiger partial charge in [0.25, 0.3) is 5.87 Å². The van der Waals surface area contributed by atoms with Gasteiger partial charge in [-0.25, -0.2) is 0 Å². The van der Waals surface area contributed by atoms with Crippen LogP contribution in [0.2, 0.25) is 0 Å². The second-order valence-electron chi connectivity index (χ2n) is 13.2. The normalized spacial score (nSPS) is 10.9. The van der Waals surface area contributed by atoms with Gasteiger partial charge in [0, 0.05) is 0 Å².